The normalized spacial score (nSPS) is 10.6. The van der Waals surface area contributed by atoms with Crippen LogP contribution in [-0.4, -0.2) is 29.0 Å². The minimum atomic E-state index is -0.810. The standard InChI is InChI=1S/C20H19F2N5O2/c21-14-2-1-3-15(22)19(14)27-16-8-9-25-20(28)17(16)18(23)12-4-6-13(7-5-12)24-10-11-26-29/h1-9,23-24,26,29H,10-11H2,(H2,25,27,28). The van der Waals surface area contributed by atoms with E-state index in [9.17, 15) is 13.6 Å². The number of pyridine rings is 1. The maximum absolute atomic E-state index is 14.0. The van der Waals surface area contributed by atoms with Crippen molar-refractivity contribution >= 4 is 22.8 Å². The maximum Gasteiger partial charge on any atom is 0.259 e. The van der Waals surface area contributed by atoms with E-state index in [0.29, 0.717) is 18.7 Å². The zero-order valence-corrected chi connectivity index (χ0v) is 15.2. The lowest BCUT2D eigenvalue weighted by Gasteiger charge is -2.14. The quantitative estimate of drug-likeness (QED) is 0.198. The van der Waals surface area contributed by atoms with E-state index < -0.39 is 22.9 Å². The topological polar surface area (TPSA) is 113 Å². The number of benzene rings is 2. The molecule has 0 bridgehead atoms. The Morgan fingerprint density at radius 2 is 1.72 bits per heavy atom. The zero-order valence-electron chi connectivity index (χ0n) is 15.2. The largest absolute Gasteiger partial charge is 0.384 e. The van der Waals surface area contributed by atoms with Crippen molar-refractivity contribution in [1.82, 2.24) is 10.5 Å². The van der Waals surface area contributed by atoms with Crippen molar-refractivity contribution in [2.75, 3.05) is 23.7 Å². The van der Waals surface area contributed by atoms with Crippen LogP contribution in [0.25, 0.3) is 0 Å². The van der Waals surface area contributed by atoms with Crippen LogP contribution in [0.4, 0.5) is 25.8 Å². The fraction of sp³-hybridized carbons (Fsp3) is 0.100. The number of aromatic nitrogens is 1. The lowest BCUT2D eigenvalue weighted by Crippen LogP contribution is -2.21. The van der Waals surface area contributed by atoms with Gasteiger partial charge in [0.1, 0.15) is 17.3 Å². The Kier molecular flexibility index (Phi) is 6.32. The van der Waals surface area contributed by atoms with Crippen molar-refractivity contribution in [2.45, 2.75) is 0 Å². The van der Waals surface area contributed by atoms with Gasteiger partial charge in [-0.3, -0.25) is 10.2 Å². The molecule has 0 fully saturated rings. The van der Waals surface area contributed by atoms with E-state index in [2.05, 4.69) is 15.6 Å². The van der Waals surface area contributed by atoms with E-state index in [1.807, 2.05) is 5.48 Å². The van der Waals surface area contributed by atoms with Gasteiger partial charge in [0.05, 0.1) is 17.0 Å². The Hall–Kier alpha value is -3.56. The molecule has 0 amide bonds. The molecule has 1 aromatic heterocycles. The summed E-state index contributed by atoms with van der Waals surface area (Å²) in [6.45, 7) is 0.854. The number of aromatic amines is 1. The van der Waals surface area contributed by atoms with Crippen LogP contribution < -0.4 is 21.7 Å². The highest BCUT2D eigenvalue weighted by molar-refractivity contribution is 6.14. The fourth-order valence-electron chi connectivity index (χ4n) is 2.74. The van der Waals surface area contributed by atoms with Gasteiger partial charge in [0.15, 0.2) is 0 Å². The highest BCUT2D eigenvalue weighted by atomic mass is 19.1. The van der Waals surface area contributed by atoms with Crippen LogP contribution in [0.5, 0.6) is 0 Å². The molecule has 0 atom stereocenters. The second-order valence-corrected chi connectivity index (χ2v) is 6.10. The van der Waals surface area contributed by atoms with Crippen molar-refractivity contribution in [2.24, 2.45) is 0 Å². The predicted molar refractivity (Wildman–Crippen MR) is 107 cm³/mol. The second kappa shape index (κ2) is 9.09. The molecule has 3 rings (SSSR count). The number of rotatable bonds is 8. The van der Waals surface area contributed by atoms with Crippen molar-refractivity contribution < 1.29 is 14.0 Å². The van der Waals surface area contributed by atoms with Crippen molar-refractivity contribution in [3.05, 3.63) is 87.8 Å². The molecule has 0 saturated carbocycles. The Morgan fingerprint density at radius 1 is 1.03 bits per heavy atom. The first-order chi connectivity index (χ1) is 14.0. The highest BCUT2D eigenvalue weighted by Gasteiger charge is 2.17. The van der Waals surface area contributed by atoms with Gasteiger partial charge in [-0.25, -0.2) is 14.3 Å². The molecule has 2 aromatic carbocycles. The summed E-state index contributed by atoms with van der Waals surface area (Å²) in [5, 5.41) is 22.7. The molecule has 0 aliphatic heterocycles. The molecule has 0 radical (unpaired) electrons. The molecule has 0 aliphatic carbocycles. The number of H-pyrrole nitrogens is 1. The SMILES string of the molecule is N=C(c1ccc(NCCNO)cc1)c1c(Nc2c(F)cccc2F)cc[nH]c1=O. The summed E-state index contributed by atoms with van der Waals surface area (Å²) in [5.74, 6) is -1.62. The second-order valence-electron chi connectivity index (χ2n) is 6.10. The first-order valence-corrected chi connectivity index (χ1v) is 8.74. The van der Waals surface area contributed by atoms with Gasteiger partial charge in [0, 0.05) is 30.5 Å². The van der Waals surface area contributed by atoms with Crippen molar-refractivity contribution in [3.63, 3.8) is 0 Å². The zero-order chi connectivity index (χ0) is 20.8. The Labute approximate surface area is 164 Å². The number of halogens is 2. The number of para-hydroxylation sites is 1. The van der Waals surface area contributed by atoms with Crippen molar-refractivity contribution in [3.8, 4) is 0 Å². The van der Waals surface area contributed by atoms with Crippen LogP contribution in [0.15, 0.2) is 59.5 Å². The molecular weight excluding hydrogens is 380 g/mol. The van der Waals surface area contributed by atoms with Gasteiger partial charge in [0.25, 0.3) is 5.56 Å². The van der Waals surface area contributed by atoms with E-state index in [0.717, 1.165) is 17.8 Å². The fourth-order valence-corrected chi connectivity index (χ4v) is 2.74. The molecule has 7 nitrogen and oxygen atoms in total. The molecule has 0 saturated heterocycles. The minimum absolute atomic E-state index is 0.0413. The summed E-state index contributed by atoms with van der Waals surface area (Å²) in [6.07, 6.45) is 1.34. The van der Waals surface area contributed by atoms with E-state index in [-0.39, 0.29) is 17.0 Å². The molecular formula is C20H19F2N5O2. The van der Waals surface area contributed by atoms with Gasteiger partial charge < -0.3 is 20.8 Å². The van der Waals surface area contributed by atoms with Crippen LogP contribution in [0.2, 0.25) is 0 Å². The molecule has 3 aromatic rings. The summed E-state index contributed by atoms with van der Waals surface area (Å²) in [6, 6.07) is 11.6. The van der Waals surface area contributed by atoms with Gasteiger partial charge >= 0.3 is 0 Å². The van der Waals surface area contributed by atoms with Gasteiger partial charge in [-0.2, -0.15) is 0 Å². The average Bonchev–Trinajstić information content (AvgIpc) is 2.71. The molecule has 0 aliphatic rings. The predicted octanol–water partition coefficient (Wildman–Crippen LogP) is 3.20. The molecule has 6 N–H and O–H groups in total. The van der Waals surface area contributed by atoms with Crippen LogP contribution in [0.3, 0.4) is 0 Å². The minimum Gasteiger partial charge on any atom is -0.384 e. The lowest BCUT2D eigenvalue weighted by atomic mass is 10.0. The van der Waals surface area contributed by atoms with E-state index >= 15 is 0 Å². The Balaban J connectivity index is 1.90. The highest BCUT2D eigenvalue weighted by Crippen LogP contribution is 2.25. The number of nitrogens with one attached hydrogen (secondary N) is 5. The first-order valence-electron chi connectivity index (χ1n) is 8.74. The number of anilines is 3. The molecule has 9 heteroatoms. The van der Waals surface area contributed by atoms with Gasteiger partial charge in [-0.1, -0.05) is 18.2 Å². The monoisotopic (exact) mass is 399 g/mol. The van der Waals surface area contributed by atoms with Crippen molar-refractivity contribution in [1.29, 1.82) is 5.41 Å². The van der Waals surface area contributed by atoms with E-state index in [1.54, 1.807) is 24.3 Å². The number of hydroxylamine groups is 1. The van der Waals surface area contributed by atoms with Gasteiger partial charge in [0.2, 0.25) is 0 Å². The molecule has 0 spiro atoms. The summed E-state index contributed by atoms with van der Waals surface area (Å²) in [5.41, 5.74) is 2.26. The van der Waals surface area contributed by atoms with E-state index in [1.165, 1.54) is 18.3 Å². The lowest BCUT2D eigenvalue weighted by molar-refractivity contribution is 0.171. The van der Waals surface area contributed by atoms with Gasteiger partial charge in [-0.15, -0.1) is 0 Å². The third-order valence-electron chi connectivity index (χ3n) is 4.17. The Morgan fingerprint density at radius 3 is 2.38 bits per heavy atom. The average molecular weight is 399 g/mol. The molecule has 150 valence electrons. The smallest absolute Gasteiger partial charge is 0.259 e. The van der Waals surface area contributed by atoms with Crippen LogP contribution in [0, 0.1) is 17.0 Å². The van der Waals surface area contributed by atoms with Crippen LogP contribution in [0.1, 0.15) is 11.1 Å². The third kappa shape index (κ3) is 4.65. The number of hydrogen-bond acceptors (Lipinski definition) is 6. The summed E-state index contributed by atoms with van der Waals surface area (Å²) in [7, 11) is 0. The Bertz CT molecular complexity index is 1050. The molecule has 0 unspecified atom stereocenters. The summed E-state index contributed by atoms with van der Waals surface area (Å²) >= 11 is 0. The summed E-state index contributed by atoms with van der Waals surface area (Å²) < 4.78 is 28.0. The third-order valence-corrected chi connectivity index (χ3v) is 4.17. The van der Waals surface area contributed by atoms with Crippen LogP contribution >= 0.6 is 0 Å². The van der Waals surface area contributed by atoms with Gasteiger partial charge in [-0.05, 0) is 30.3 Å². The first kappa shape index (κ1) is 20.2. The van der Waals surface area contributed by atoms with E-state index in [4.69, 9.17) is 10.6 Å². The van der Waals surface area contributed by atoms with Crippen LogP contribution in [-0.2, 0) is 0 Å². The molecule has 1 heterocycles. The maximum atomic E-state index is 14.0. The number of hydrogen-bond donors (Lipinski definition) is 6. The summed E-state index contributed by atoms with van der Waals surface area (Å²) in [4.78, 5) is 14.9. The molecule has 29 heavy (non-hydrogen) atoms.